The second-order valence-corrected chi connectivity index (χ2v) is 12.7. The van der Waals surface area contributed by atoms with Crippen molar-refractivity contribution in [3.05, 3.63) is 94.6 Å². The SMILES string of the molecule is CC=CCCc1ccc(-c2ccc(OCC3CCC(C4CCC(c5ccc(OCC)c(F)c5F)CC4)CC3)c(F)c2F)c(F)c1F. The van der Waals surface area contributed by atoms with Crippen molar-refractivity contribution in [3.63, 3.8) is 0 Å². The third-order valence-corrected chi connectivity index (χ3v) is 9.94. The Hall–Kier alpha value is -3.42. The number of ether oxygens (including phenoxy) is 2. The van der Waals surface area contributed by atoms with Crippen LogP contribution in [0.3, 0.4) is 0 Å². The lowest BCUT2D eigenvalue weighted by Crippen LogP contribution is -2.27. The van der Waals surface area contributed by atoms with E-state index in [-0.39, 0.29) is 53.2 Å². The molecule has 46 heavy (non-hydrogen) atoms. The zero-order valence-corrected chi connectivity index (χ0v) is 26.5. The fourth-order valence-electron chi connectivity index (χ4n) is 7.31. The molecule has 0 atom stereocenters. The Morgan fingerprint density at radius 1 is 0.630 bits per heavy atom. The Morgan fingerprint density at radius 2 is 1.20 bits per heavy atom. The molecule has 0 bridgehead atoms. The fourth-order valence-corrected chi connectivity index (χ4v) is 7.31. The van der Waals surface area contributed by atoms with E-state index in [0.717, 1.165) is 51.4 Å². The van der Waals surface area contributed by atoms with Crippen molar-refractivity contribution >= 4 is 0 Å². The molecule has 2 fully saturated rings. The summed E-state index contributed by atoms with van der Waals surface area (Å²) in [5.74, 6) is -5.50. The summed E-state index contributed by atoms with van der Waals surface area (Å²) in [5, 5.41) is 0. The first-order chi connectivity index (χ1) is 22.2. The molecule has 248 valence electrons. The van der Waals surface area contributed by atoms with Gasteiger partial charge in [0.15, 0.2) is 34.8 Å². The van der Waals surface area contributed by atoms with Gasteiger partial charge in [0, 0.05) is 11.1 Å². The highest BCUT2D eigenvalue weighted by Crippen LogP contribution is 2.45. The van der Waals surface area contributed by atoms with Gasteiger partial charge in [-0.05, 0) is 131 Å². The van der Waals surface area contributed by atoms with Gasteiger partial charge in [0.2, 0.25) is 11.6 Å². The lowest BCUT2D eigenvalue weighted by atomic mass is 9.68. The van der Waals surface area contributed by atoms with Crippen LogP contribution < -0.4 is 9.47 Å². The van der Waals surface area contributed by atoms with E-state index in [1.165, 1.54) is 30.3 Å². The van der Waals surface area contributed by atoms with Gasteiger partial charge < -0.3 is 9.47 Å². The van der Waals surface area contributed by atoms with Crippen molar-refractivity contribution in [2.75, 3.05) is 13.2 Å². The molecule has 3 aromatic carbocycles. The molecule has 0 N–H and O–H groups in total. The average Bonchev–Trinajstić information content (AvgIpc) is 3.07. The van der Waals surface area contributed by atoms with Crippen molar-refractivity contribution in [2.24, 2.45) is 17.8 Å². The fraction of sp³-hybridized carbons (Fsp3) is 0.474. The smallest absolute Gasteiger partial charge is 0.201 e. The van der Waals surface area contributed by atoms with Gasteiger partial charge in [-0.1, -0.05) is 30.4 Å². The number of allylic oxidation sites excluding steroid dienone is 2. The van der Waals surface area contributed by atoms with Crippen LogP contribution in [0.1, 0.15) is 88.7 Å². The summed E-state index contributed by atoms with van der Waals surface area (Å²) in [6, 6.07) is 8.37. The number of aryl methyl sites for hydroxylation is 1. The molecule has 2 aliphatic rings. The molecule has 2 nitrogen and oxygen atoms in total. The van der Waals surface area contributed by atoms with E-state index in [4.69, 9.17) is 9.47 Å². The number of hydrogen-bond donors (Lipinski definition) is 0. The predicted molar refractivity (Wildman–Crippen MR) is 168 cm³/mol. The van der Waals surface area contributed by atoms with Crippen LogP contribution in [0.15, 0.2) is 48.6 Å². The van der Waals surface area contributed by atoms with Gasteiger partial charge in [0.05, 0.1) is 13.2 Å². The van der Waals surface area contributed by atoms with Gasteiger partial charge in [-0.2, -0.15) is 8.78 Å². The van der Waals surface area contributed by atoms with Crippen molar-refractivity contribution < 1.29 is 35.8 Å². The molecule has 0 radical (unpaired) electrons. The van der Waals surface area contributed by atoms with E-state index < -0.39 is 34.9 Å². The Kier molecular flexibility index (Phi) is 11.4. The van der Waals surface area contributed by atoms with Crippen molar-refractivity contribution in [3.8, 4) is 22.6 Å². The van der Waals surface area contributed by atoms with Gasteiger partial charge in [-0.3, -0.25) is 0 Å². The molecular weight excluding hydrogens is 602 g/mol. The molecule has 2 aliphatic carbocycles. The lowest BCUT2D eigenvalue weighted by molar-refractivity contribution is 0.129. The van der Waals surface area contributed by atoms with Gasteiger partial charge in [-0.15, -0.1) is 0 Å². The predicted octanol–water partition coefficient (Wildman–Crippen LogP) is 11.3. The van der Waals surface area contributed by atoms with Gasteiger partial charge in [-0.25, -0.2) is 17.6 Å². The van der Waals surface area contributed by atoms with Crippen molar-refractivity contribution in [1.29, 1.82) is 0 Å². The molecule has 0 aromatic heterocycles. The first-order valence-corrected chi connectivity index (χ1v) is 16.5. The molecule has 0 aliphatic heterocycles. The van der Waals surface area contributed by atoms with E-state index in [9.17, 15) is 17.6 Å². The quantitative estimate of drug-likeness (QED) is 0.153. The first-order valence-electron chi connectivity index (χ1n) is 16.5. The minimum absolute atomic E-state index is 0.00376. The number of benzene rings is 3. The summed E-state index contributed by atoms with van der Waals surface area (Å²) in [7, 11) is 0. The number of hydrogen-bond acceptors (Lipinski definition) is 2. The zero-order valence-electron chi connectivity index (χ0n) is 26.5. The lowest BCUT2D eigenvalue weighted by Gasteiger charge is -2.38. The maximum Gasteiger partial charge on any atom is 0.201 e. The molecule has 0 unspecified atom stereocenters. The molecular formula is C38H42F6O2. The van der Waals surface area contributed by atoms with Crippen molar-refractivity contribution in [1.82, 2.24) is 0 Å². The topological polar surface area (TPSA) is 18.5 Å². The Balaban J connectivity index is 1.12. The molecule has 0 saturated heterocycles. The maximum absolute atomic E-state index is 15.1. The third-order valence-electron chi connectivity index (χ3n) is 9.94. The molecule has 5 rings (SSSR count). The van der Waals surface area contributed by atoms with Crippen LogP contribution in [0.2, 0.25) is 0 Å². The minimum Gasteiger partial charge on any atom is -0.491 e. The van der Waals surface area contributed by atoms with Crippen molar-refractivity contribution in [2.45, 2.75) is 84.0 Å². The second kappa shape index (κ2) is 15.4. The maximum atomic E-state index is 15.1. The summed E-state index contributed by atoms with van der Waals surface area (Å²) in [5.41, 5.74) is -0.0762. The summed E-state index contributed by atoms with van der Waals surface area (Å²) in [4.78, 5) is 0. The normalized spacial score (nSPS) is 21.9. The second-order valence-electron chi connectivity index (χ2n) is 12.7. The highest BCUT2D eigenvalue weighted by Gasteiger charge is 2.33. The van der Waals surface area contributed by atoms with Crippen LogP contribution in [-0.4, -0.2) is 13.2 Å². The number of halogens is 6. The standard InChI is InChI=1S/C38H42F6O2/c1-3-5-6-7-27-16-17-29(35(41)33(27)39)30-19-21-32(38(44)36(30)42)46-22-23-8-10-24(11-9-23)25-12-14-26(15-13-25)28-18-20-31(45-4-2)37(43)34(28)40/h3,5,16-21,23-26H,4,6-15,22H2,1-2H3. The first kappa shape index (κ1) is 33.9. The van der Waals surface area contributed by atoms with E-state index in [1.54, 1.807) is 13.0 Å². The van der Waals surface area contributed by atoms with E-state index in [2.05, 4.69) is 0 Å². The Bertz CT molecular complexity index is 1520. The van der Waals surface area contributed by atoms with E-state index in [0.29, 0.717) is 30.2 Å². The molecule has 0 spiro atoms. The van der Waals surface area contributed by atoms with Crippen LogP contribution in [0, 0.1) is 52.7 Å². The highest BCUT2D eigenvalue weighted by molar-refractivity contribution is 5.66. The van der Waals surface area contributed by atoms with Crippen LogP contribution in [0.25, 0.3) is 11.1 Å². The molecule has 2 saturated carbocycles. The van der Waals surface area contributed by atoms with Gasteiger partial charge in [0.1, 0.15) is 0 Å². The van der Waals surface area contributed by atoms with Gasteiger partial charge in [0.25, 0.3) is 0 Å². The Labute approximate surface area is 267 Å². The van der Waals surface area contributed by atoms with Crippen LogP contribution in [0.5, 0.6) is 11.5 Å². The van der Waals surface area contributed by atoms with Gasteiger partial charge >= 0.3 is 0 Å². The molecule has 0 amide bonds. The molecule has 3 aromatic rings. The Morgan fingerprint density at radius 3 is 1.85 bits per heavy atom. The van der Waals surface area contributed by atoms with Crippen LogP contribution >= 0.6 is 0 Å². The average molecular weight is 645 g/mol. The molecule has 0 heterocycles. The van der Waals surface area contributed by atoms with E-state index in [1.807, 2.05) is 19.1 Å². The third kappa shape index (κ3) is 7.42. The summed E-state index contributed by atoms with van der Waals surface area (Å²) in [6.07, 6.45) is 11.9. The minimum atomic E-state index is -1.27. The molecule has 8 heteroatoms. The highest BCUT2D eigenvalue weighted by atomic mass is 19.2. The zero-order chi connectivity index (χ0) is 32.8. The summed E-state index contributed by atoms with van der Waals surface area (Å²) < 4.78 is 99.6. The summed E-state index contributed by atoms with van der Waals surface area (Å²) in [6.45, 7) is 4.08. The van der Waals surface area contributed by atoms with Crippen LogP contribution in [0.4, 0.5) is 26.3 Å². The largest absolute Gasteiger partial charge is 0.491 e. The van der Waals surface area contributed by atoms with E-state index >= 15 is 8.78 Å². The monoisotopic (exact) mass is 644 g/mol. The van der Waals surface area contributed by atoms with Crippen LogP contribution in [-0.2, 0) is 6.42 Å². The number of rotatable bonds is 11. The summed E-state index contributed by atoms with van der Waals surface area (Å²) >= 11 is 0.